The van der Waals surface area contributed by atoms with Gasteiger partial charge in [-0.15, -0.1) is 0 Å². The molecule has 0 aromatic carbocycles. The highest BCUT2D eigenvalue weighted by Crippen LogP contribution is 2.10. The van der Waals surface area contributed by atoms with E-state index in [9.17, 15) is 0 Å². The Morgan fingerprint density at radius 3 is 2.75 bits per heavy atom. The van der Waals surface area contributed by atoms with Gasteiger partial charge < -0.3 is 5.32 Å². The molecular weight excluding hydrogens is 198 g/mol. The predicted octanol–water partition coefficient (Wildman–Crippen LogP) is 2.30. The third-order valence-corrected chi connectivity index (χ3v) is 2.80. The van der Waals surface area contributed by atoms with Crippen LogP contribution in [0, 0.1) is 0 Å². The minimum atomic E-state index is 1.05. The van der Waals surface area contributed by atoms with Crippen LogP contribution in [0.15, 0.2) is 6.20 Å². The Bertz CT molecular complexity index is 291. The van der Waals surface area contributed by atoms with Crippen molar-refractivity contribution < 1.29 is 0 Å². The van der Waals surface area contributed by atoms with Crippen LogP contribution < -0.4 is 5.32 Å². The predicted molar refractivity (Wildman–Crippen MR) is 68.7 cm³/mol. The zero-order chi connectivity index (χ0) is 11.8. The second-order valence-corrected chi connectivity index (χ2v) is 4.34. The third kappa shape index (κ3) is 4.35. The molecular formula is C13H25N3. The first-order chi connectivity index (χ1) is 7.77. The normalized spacial score (nSPS) is 10.9. The number of unbranched alkanes of at least 4 members (excludes halogenated alkanes) is 1. The molecule has 0 bridgehead atoms. The SMILES string of the molecule is CCCNCCCCc1cn(C)nc1CC. The van der Waals surface area contributed by atoms with Crippen molar-refractivity contribution >= 4 is 0 Å². The lowest BCUT2D eigenvalue weighted by atomic mass is 10.1. The topological polar surface area (TPSA) is 29.9 Å². The lowest BCUT2D eigenvalue weighted by Gasteiger charge is -2.02. The Labute approximate surface area is 99.2 Å². The van der Waals surface area contributed by atoms with Crippen LogP contribution in [0.1, 0.15) is 44.4 Å². The molecule has 3 heteroatoms. The number of nitrogens with zero attached hydrogens (tertiary/aromatic N) is 2. The maximum absolute atomic E-state index is 4.46. The van der Waals surface area contributed by atoms with Crippen molar-refractivity contribution in [3.8, 4) is 0 Å². The molecule has 1 aromatic rings. The van der Waals surface area contributed by atoms with E-state index in [0.29, 0.717) is 0 Å². The summed E-state index contributed by atoms with van der Waals surface area (Å²) in [4.78, 5) is 0. The van der Waals surface area contributed by atoms with Crippen molar-refractivity contribution in [1.29, 1.82) is 0 Å². The van der Waals surface area contributed by atoms with Gasteiger partial charge in [0.25, 0.3) is 0 Å². The van der Waals surface area contributed by atoms with Crippen molar-refractivity contribution in [2.75, 3.05) is 13.1 Å². The van der Waals surface area contributed by atoms with E-state index in [-0.39, 0.29) is 0 Å². The molecule has 1 rings (SSSR count). The first-order valence-corrected chi connectivity index (χ1v) is 6.50. The summed E-state index contributed by atoms with van der Waals surface area (Å²) in [6, 6.07) is 0. The van der Waals surface area contributed by atoms with Gasteiger partial charge in [-0.1, -0.05) is 13.8 Å². The van der Waals surface area contributed by atoms with Gasteiger partial charge in [0.15, 0.2) is 0 Å². The van der Waals surface area contributed by atoms with E-state index in [1.807, 2.05) is 11.7 Å². The fourth-order valence-electron chi connectivity index (χ4n) is 1.96. The number of hydrogen-bond donors (Lipinski definition) is 1. The van der Waals surface area contributed by atoms with Crippen molar-refractivity contribution in [2.45, 2.75) is 46.0 Å². The Morgan fingerprint density at radius 2 is 2.06 bits per heavy atom. The Kier molecular flexibility index (Phi) is 6.16. The van der Waals surface area contributed by atoms with Crippen LogP contribution in [-0.2, 0) is 19.9 Å². The summed E-state index contributed by atoms with van der Waals surface area (Å²) in [5, 5.41) is 7.89. The lowest BCUT2D eigenvalue weighted by molar-refractivity contribution is 0.616. The Hall–Kier alpha value is -0.830. The molecule has 0 radical (unpaired) electrons. The molecule has 92 valence electrons. The molecule has 1 N–H and O–H groups in total. The van der Waals surface area contributed by atoms with Gasteiger partial charge in [0.05, 0.1) is 5.69 Å². The number of hydrogen-bond acceptors (Lipinski definition) is 2. The minimum absolute atomic E-state index is 1.05. The zero-order valence-electron chi connectivity index (χ0n) is 10.9. The maximum Gasteiger partial charge on any atom is 0.0653 e. The van der Waals surface area contributed by atoms with Gasteiger partial charge >= 0.3 is 0 Å². The van der Waals surface area contributed by atoms with E-state index in [4.69, 9.17) is 0 Å². The lowest BCUT2D eigenvalue weighted by Crippen LogP contribution is -2.15. The van der Waals surface area contributed by atoms with E-state index < -0.39 is 0 Å². The summed E-state index contributed by atoms with van der Waals surface area (Å²) in [5.74, 6) is 0. The van der Waals surface area contributed by atoms with Crippen LogP contribution >= 0.6 is 0 Å². The molecule has 0 saturated heterocycles. The summed E-state index contributed by atoms with van der Waals surface area (Å²) in [5.41, 5.74) is 2.70. The van der Waals surface area contributed by atoms with Crippen LogP contribution in [0.2, 0.25) is 0 Å². The van der Waals surface area contributed by atoms with E-state index in [2.05, 4.69) is 30.5 Å². The number of rotatable bonds is 8. The van der Waals surface area contributed by atoms with Crippen LogP contribution in [0.5, 0.6) is 0 Å². The van der Waals surface area contributed by atoms with Gasteiger partial charge in [-0.05, 0) is 50.8 Å². The molecule has 0 amide bonds. The van der Waals surface area contributed by atoms with Crippen molar-refractivity contribution in [3.63, 3.8) is 0 Å². The fourth-order valence-corrected chi connectivity index (χ4v) is 1.96. The van der Waals surface area contributed by atoms with Crippen LogP contribution in [0.4, 0.5) is 0 Å². The van der Waals surface area contributed by atoms with Crippen LogP contribution in [0.3, 0.4) is 0 Å². The van der Waals surface area contributed by atoms with E-state index >= 15 is 0 Å². The molecule has 0 atom stereocenters. The van der Waals surface area contributed by atoms with Crippen LogP contribution in [-0.4, -0.2) is 22.9 Å². The highest BCUT2D eigenvalue weighted by atomic mass is 15.2. The first-order valence-electron chi connectivity index (χ1n) is 6.50. The Balaban J connectivity index is 2.21. The molecule has 0 saturated carbocycles. The molecule has 1 aromatic heterocycles. The Morgan fingerprint density at radius 1 is 1.25 bits per heavy atom. The molecule has 0 aliphatic rings. The second kappa shape index (κ2) is 7.44. The maximum atomic E-state index is 4.46. The molecule has 0 unspecified atom stereocenters. The first kappa shape index (κ1) is 13.2. The van der Waals surface area contributed by atoms with Crippen molar-refractivity contribution in [1.82, 2.24) is 15.1 Å². The largest absolute Gasteiger partial charge is 0.317 e. The number of aromatic nitrogens is 2. The molecule has 3 nitrogen and oxygen atoms in total. The van der Waals surface area contributed by atoms with Gasteiger partial charge in [0.2, 0.25) is 0 Å². The number of nitrogens with one attached hydrogen (secondary N) is 1. The average molecular weight is 223 g/mol. The van der Waals surface area contributed by atoms with Crippen molar-refractivity contribution in [2.24, 2.45) is 7.05 Å². The monoisotopic (exact) mass is 223 g/mol. The smallest absolute Gasteiger partial charge is 0.0653 e. The summed E-state index contributed by atoms with van der Waals surface area (Å²) >= 11 is 0. The van der Waals surface area contributed by atoms with Gasteiger partial charge in [-0.2, -0.15) is 5.10 Å². The van der Waals surface area contributed by atoms with Gasteiger partial charge in [-0.25, -0.2) is 0 Å². The third-order valence-electron chi connectivity index (χ3n) is 2.80. The molecule has 16 heavy (non-hydrogen) atoms. The minimum Gasteiger partial charge on any atom is -0.317 e. The highest BCUT2D eigenvalue weighted by Gasteiger charge is 2.04. The van der Waals surface area contributed by atoms with Crippen molar-refractivity contribution in [3.05, 3.63) is 17.5 Å². The van der Waals surface area contributed by atoms with Gasteiger partial charge in [0.1, 0.15) is 0 Å². The molecule has 0 spiro atoms. The van der Waals surface area contributed by atoms with Crippen LogP contribution in [0.25, 0.3) is 0 Å². The molecule has 0 fully saturated rings. The quantitative estimate of drug-likeness (QED) is 0.685. The van der Waals surface area contributed by atoms with Gasteiger partial charge in [-0.3, -0.25) is 4.68 Å². The summed E-state index contributed by atoms with van der Waals surface area (Å²) in [7, 11) is 2.01. The second-order valence-electron chi connectivity index (χ2n) is 4.34. The average Bonchev–Trinajstić information content (AvgIpc) is 2.64. The summed E-state index contributed by atoms with van der Waals surface area (Å²) in [6.45, 7) is 6.67. The van der Waals surface area contributed by atoms with E-state index in [1.54, 1.807) is 0 Å². The van der Waals surface area contributed by atoms with Gasteiger partial charge in [0, 0.05) is 13.2 Å². The summed E-state index contributed by atoms with van der Waals surface area (Å²) < 4.78 is 1.93. The zero-order valence-corrected chi connectivity index (χ0v) is 10.9. The standard InChI is InChI=1S/C13H25N3/c1-4-9-14-10-7-6-8-12-11-16(3)15-13(12)5-2/h11,14H,4-10H2,1-3H3. The van der Waals surface area contributed by atoms with E-state index in [0.717, 1.165) is 19.5 Å². The summed E-state index contributed by atoms with van der Waals surface area (Å²) in [6.07, 6.45) is 8.13. The molecule has 0 aliphatic heterocycles. The molecule has 0 aliphatic carbocycles. The van der Waals surface area contributed by atoms with E-state index in [1.165, 1.54) is 36.9 Å². The highest BCUT2D eigenvalue weighted by molar-refractivity contribution is 5.16. The fraction of sp³-hybridized carbons (Fsp3) is 0.769. The molecule has 1 heterocycles. The number of aryl methyl sites for hydroxylation is 3.